The van der Waals surface area contributed by atoms with E-state index in [-0.39, 0.29) is 17.6 Å². The number of nitrogens with zero attached hydrogens (tertiary/aromatic N) is 5. The van der Waals surface area contributed by atoms with Crippen LogP contribution in [0, 0.1) is 5.82 Å². The lowest BCUT2D eigenvalue weighted by Gasteiger charge is -2.33. The van der Waals surface area contributed by atoms with Gasteiger partial charge in [-0.05, 0) is 111 Å². The highest BCUT2D eigenvalue weighted by Gasteiger charge is 2.53. The van der Waals surface area contributed by atoms with Crippen molar-refractivity contribution in [3.05, 3.63) is 131 Å². The minimum absolute atomic E-state index is 0.211. The average Bonchev–Trinajstić information content (AvgIpc) is 3.35. The number of likely N-dealkylation sites (tertiary alicyclic amines) is 1. The number of rotatable bonds is 8. The molecule has 2 aromatic heterocycles. The van der Waals surface area contributed by atoms with Crippen LogP contribution in [0.25, 0.3) is 0 Å². The highest BCUT2D eigenvalue weighted by molar-refractivity contribution is 6.16. The van der Waals surface area contributed by atoms with Crippen molar-refractivity contribution in [2.75, 3.05) is 26.2 Å². The fraction of sp³-hybridized carbons (Fsp3) is 0.294. The standard InChI is InChI=1S/C34H31F4N5O/c35-28-14-10-26(11-15-28)31-41-33(29-6-1-3-18-39-29,30-7-2-4-19-40-30)32(44)43(31)21-5-20-42-22-16-25(17-23-42)24-8-12-27(13-9-24)34(36,37)38/h1-4,6-15,18-19,25H,5,16-17,20-23H2. The van der Waals surface area contributed by atoms with Gasteiger partial charge in [-0.2, -0.15) is 13.2 Å². The molecule has 1 fully saturated rings. The van der Waals surface area contributed by atoms with Gasteiger partial charge in [-0.25, -0.2) is 9.38 Å². The molecule has 6 nitrogen and oxygen atoms in total. The normalized spacial score (nSPS) is 17.6. The Labute approximate surface area is 253 Å². The van der Waals surface area contributed by atoms with E-state index < -0.39 is 17.3 Å². The maximum absolute atomic E-state index is 14.4. The first-order valence-corrected chi connectivity index (χ1v) is 14.7. The van der Waals surface area contributed by atoms with Crippen LogP contribution in [0.5, 0.6) is 0 Å². The summed E-state index contributed by atoms with van der Waals surface area (Å²) in [6.45, 7) is 2.74. The molecule has 1 amide bonds. The molecule has 0 bridgehead atoms. The van der Waals surface area contributed by atoms with Crippen LogP contribution in [0.1, 0.15) is 53.3 Å². The Hall–Kier alpha value is -4.44. The number of aromatic nitrogens is 2. The van der Waals surface area contributed by atoms with Crippen molar-refractivity contribution in [1.82, 2.24) is 19.8 Å². The van der Waals surface area contributed by atoms with Gasteiger partial charge in [0.2, 0.25) is 5.54 Å². The molecule has 0 saturated carbocycles. The summed E-state index contributed by atoms with van der Waals surface area (Å²) in [6.07, 6.45) is 1.26. The van der Waals surface area contributed by atoms with E-state index in [1.807, 2.05) is 12.1 Å². The van der Waals surface area contributed by atoms with E-state index in [1.165, 1.54) is 12.1 Å². The highest BCUT2D eigenvalue weighted by Crippen LogP contribution is 2.40. The number of pyridine rings is 2. The van der Waals surface area contributed by atoms with Crippen LogP contribution in [0.3, 0.4) is 0 Å². The molecule has 0 radical (unpaired) electrons. The first-order chi connectivity index (χ1) is 21.3. The van der Waals surface area contributed by atoms with E-state index in [4.69, 9.17) is 4.99 Å². The molecule has 0 unspecified atom stereocenters. The maximum Gasteiger partial charge on any atom is 0.416 e. The molecule has 4 aromatic rings. The van der Waals surface area contributed by atoms with E-state index in [2.05, 4.69) is 14.9 Å². The third-order valence-corrected chi connectivity index (χ3v) is 8.41. The molecule has 1 saturated heterocycles. The maximum atomic E-state index is 14.4. The lowest BCUT2D eigenvalue weighted by Crippen LogP contribution is -2.44. The summed E-state index contributed by atoms with van der Waals surface area (Å²) < 4.78 is 52.7. The summed E-state index contributed by atoms with van der Waals surface area (Å²) in [5, 5.41) is 0. The lowest BCUT2D eigenvalue weighted by molar-refractivity contribution is -0.137. The summed E-state index contributed by atoms with van der Waals surface area (Å²) in [6, 6.07) is 22.1. The molecule has 6 rings (SSSR count). The number of amidine groups is 1. The summed E-state index contributed by atoms with van der Waals surface area (Å²) in [4.78, 5) is 32.5. The Bertz CT molecular complexity index is 1560. The number of benzene rings is 2. The molecule has 0 N–H and O–H groups in total. The van der Waals surface area contributed by atoms with Crippen molar-refractivity contribution < 1.29 is 22.4 Å². The second-order valence-corrected chi connectivity index (χ2v) is 11.1. The zero-order valence-corrected chi connectivity index (χ0v) is 23.9. The molecule has 2 aliphatic heterocycles. The minimum atomic E-state index is -4.34. The molecular weight excluding hydrogens is 570 g/mol. The van der Waals surface area contributed by atoms with Crippen molar-refractivity contribution in [2.24, 2.45) is 4.99 Å². The van der Waals surface area contributed by atoms with E-state index >= 15 is 0 Å². The molecule has 2 aliphatic rings. The summed E-state index contributed by atoms with van der Waals surface area (Å²) in [7, 11) is 0. The van der Waals surface area contributed by atoms with Gasteiger partial charge in [0.05, 0.1) is 17.0 Å². The second kappa shape index (κ2) is 12.3. The van der Waals surface area contributed by atoms with E-state index in [1.54, 1.807) is 65.8 Å². The minimum Gasteiger partial charge on any atom is -0.303 e. The van der Waals surface area contributed by atoms with Gasteiger partial charge in [0.1, 0.15) is 11.7 Å². The lowest BCUT2D eigenvalue weighted by atomic mass is 9.89. The fourth-order valence-electron chi connectivity index (χ4n) is 6.09. The van der Waals surface area contributed by atoms with Crippen molar-refractivity contribution in [2.45, 2.75) is 36.9 Å². The fourth-order valence-corrected chi connectivity index (χ4v) is 6.09. The summed E-state index contributed by atoms with van der Waals surface area (Å²) in [5.74, 6) is -0.00328. The van der Waals surface area contributed by atoms with Crippen molar-refractivity contribution >= 4 is 11.7 Å². The third kappa shape index (κ3) is 5.86. The number of carbonyl (C=O) groups excluding carboxylic acids is 1. The van der Waals surface area contributed by atoms with E-state index in [0.717, 1.165) is 50.2 Å². The Balaban J connectivity index is 1.18. The van der Waals surface area contributed by atoms with Crippen molar-refractivity contribution in [3.63, 3.8) is 0 Å². The van der Waals surface area contributed by atoms with Crippen LogP contribution in [-0.2, 0) is 16.5 Å². The number of amides is 1. The predicted molar refractivity (Wildman–Crippen MR) is 158 cm³/mol. The zero-order valence-electron chi connectivity index (χ0n) is 23.9. The first kappa shape index (κ1) is 29.6. The monoisotopic (exact) mass is 601 g/mol. The molecular formula is C34H31F4N5O. The molecule has 0 spiro atoms. The van der Waals surface area contributed by atoms with Crippen molar-refractivity contribution in [3.8, 4) is 0 Å². The molecule has 10 heteroatoms. The number of hydrogen-bond donors (Lipinski definition) is 0. The van der Waals surface area contributed by atoms with E-state index in [0.29, 0.717) is 35.8 Å². The Morgan fingerprint density at radius 2 is 1.41 bits per heavy atom. The number of aliphatic imine (C=N–C) groups is 1. The quantitative estimate of drug-likeness (QED) is 0.218. The van der Waals surface area contributed by atoms with Gasteiger partial charge in [0, 0.05) is 24.5 Å². The summed E-state index contributed by atoms with van der Waals surface area (Å²) >= 11 is 0. The zero-order chi connectivity index (χ0) is 30.7. The van der Waals surface area contributed by atoms with Crippen LogP contribution >= 0.6 is 0 Å². The van der Waals surface area contributed by atoms with Gasteiger partial charge in [-0.3, -0.25) is 19.7 Å². The largest absolute Gasteiger partial charge is 0.416 e. The van der Waals surface area contributed by atoms with Gasteiger partial charge < -0.3 is 4.90 Å². The van der Waals surface area contributed by atoms with E-state index in [9.17, 15) is 22.4 Å². The number of halogens is 4. The number of alkyl halides is 3. The molecule has 44 heavy (non-hydrogen) atoms. The van der Waals surface area contributed by atoms with Crippen LogP contribution in [0.2, 0.25) is 0 Å². The first-order valence-electron chi connectivity index (χ1n) is 14.7. The van der Waals surface area contributed by atoms with Crippen molar-refractivity contribution in [1.29, 1.82) is 0 Å². The van der Waals surface area contributed by atoms with Crippen LogP contribution in [0.15, 0.2) is 102 Å². The topological polar surface area (TPSA) is 61.7 Å². The second-order valence-electron chi connectivity index (χ2n) is 11.1. The SMILES string of the molecule is O=C1N(CCCN2CCC(c3ccc(C(F)(F)F)cc3)CC2)C(c2ccc(F)cc2)=NC1(c1ccccn1)c1ccccn1. The molecule has 0 aliphatic carbocycles. The summed E-state index contributed by atoms with van der Waals surface area (Å²) in [5.41, 5.74) is 0.347. The number of piperidine rings is 1. The predicted octanol–water partition coefficient (Wildman–Crippen LogP) is 6.44. The molecule has 4 heterocycles. The number of carbonyl (C=O) groups is 1. The van der Waals surface area contributed by atoms with Gasteiger partial charge >= 0.3 is 6.18 Å². The third-order valence-electron chi connectivity index (χ3n) is 8.41. The Kier molecular flexibility index (Phi) is 8.27. The van der Waals surface area contributed by atoms with Crippen LogP contribution in [0.4, 0.5) is 17.6 Å². The Morgan fingerprint density at radius 1 is 0.795 bits per heavy atom. The highest BCUT2D eigenvalue weighted by atomic mass is 19.4. The number of hydrogen-bond acceptors (Lipinski definition) is 5. The smallest absolute Gasteiger partial charge is 0.303 e. The molecule has 226 valence electrons. The average molecular weight is 602 g/mol. The van der Waals surface area contributed by atoms with Gasteiger partial charge in [0.25, 0.3) is 5.91 Å². The van der Waals surface area contributed by atoms with Gasteiger partial charge in [-0.15, -0.1) is 0 Å². The van der Waals surface area contributed by atoms with Crippen LogP contribution in [-0.4, -0.2) is 57.7 Å². The Morgan fingerprint density at radius 3 is 1.95 bits per heavy atom. The van der Waals surface area contributed by atoms with Gasteiger partial charge in [-0.1, -0.05) is 24.3 Å². The molecule has 2 aromatic carbocycles. The van der Waals surface area contributed by atoms with Gasteiger partial charge in [0.15, 0.2) is 0 Å². The van der Waals surface area contributed by atoms with Crippen LogP contribution < -0.4 is 0 Å². The molecule has 0 atom stereocenters.